The van der Waals surface area contributed by atoms with Crippen molar-refractivity contribution in [3.63, 3.8) is 0 Å². The summed E-state index contributed by atoms with van der Waals surface area (Å²) in [6.07, 6.45) is 2.17. The van der Waals surface area contributed by atoms with Gasteiger partial charge in [0.1, 0.15) is 5.60 Å². The Bertz CT molecular complexity index is 273. The van der Waals surface area contributed by atoms with Crippen molar-refractivity contribution in [1.82, 2.24) is 10.2 Å². The molecule has 4 nitrogen and oxygen atoms in total. The molecule has 2 heterocycles. The minimum absolute atomic E-state index is 0.149. The average Bonchev–Trinajstić information content (AvgIpc) is 2.58. The van der Waals surface area contributed by atoms with Gasteiger partial charge in [-0.25, -0.2) is 4.79 Å². The smallest absolute Gasteiger partial charge is 0.410 e. The van der Waals surface area contributed by atoms with E-state index in [0.717, 1.165) is 26.1 Å². The number of likely N-dealkylation sites (tertiary alicyclic amines) is 1. The number of piperidine rings is 1. The highest BCUT2D eigenvalue weighted by Gasteiger charge is 2.39. The predicted octanol–water partition coefficient (Wildman–Crippen LogP) is 1.61. The van der Waals surface area contributed by atoms with Crippen LogP contribution in [0.1, 0.15) is 33.6 Å². The topological polar surface area (TPSA) is 41.6 Å². The molecule has 0 saturated carbocycles. The minimum Gasteiger partial charge on any atom is -0.444 e. The molecule has 0 aromatic heterocycles. The molecule has 16 heavy (non-hydrogen) atoms. The molecule has 2 atom stereocenters. The molecule has 0 unspecified atom stereocenters. The van der Waals surface area contributed by atoms with Crippen LogP contribution in [0.2, 0.25) is 0 Å². The predicted molar refractivity (Wildman–Crippen MR) is 62.3 cm³/mol. The molecular formula is C12H22N2O2. The maximum absolute atomic E-state index is 12.0. The Labute approximate surface area is 97.3 Å². The minimum atomic E-state index is -0.392. The van der Waals surface area contributed by atoms with E-state index in [1.165, 1.54) is 6.42 Å². The quantitative estimate of drug-likeness (QED) is 0.682. The lowest BCUT2D eigenvalue weighted by atomic mass is 9.93. The number of nitrogens with one attached hydrogen (secondary N) is 1. The number of rotatable bonds is 0. The van der Waals surface area contributed by atoms with Crippen molar-refractivity contribution in [3.05, 3.63) is 0 Å². The second-order valence-electron chi connectivity index (χ2n) is 5.78. The van der Waals surface area contributed by atoms with E-state index in [9.17, 15) is 4.79 Å². The van der Waals surface area contributed by atoms with Crippen molar-refractivity contribution in [1.29, 1.82) is 0 Å². The van der Waals surface area contributed by atoms with E-state index in [0.29, 0.717) is 12.0 Å². The summed E-state index contributed by atoms with van der Waals surface area (Å²) >= 11 is 0. The molecule has 1 amide bonds. The molecular weight excluding hydrogens is 204 g/mol. The lowest BCUT2D eigenvalue weighted by Gasteiger charge is -2.33. The van der Waals surface area contributed by atoms with Gasteiger partial charge in [-0.05, 0) is 46.1 Å². The van der Waals surface area contributed by atoms with E-state index in [1.54, 1.807) is 0 Å². The van der Waals surface area contributed by atoms with Gasteiger partial charge < -0.3 is 15.0 Å². The Hall–Kier alpha value is -0.770. The van der Waals surface area contributed by atoms with Crippen LogP contribution in [-0.4, -0.2) is 42.3 Å². The van der Waals surface area contributed by atoms with Crippen LogP contribution in [0, 0.1) is 5.92 Å². The largest absolute Gasteiger partial charge is 0.444 e. The highest BCUT2D eigenvalue weighted by atomic mass is 16.6. The molecule has 0 spiro atoms. The summed E-state index contributed by atoms with van der Waals surface area (Å²) in [4.78, 5) is 13.9. The summed E-state index contributed by atoms with van der Waals surface area (Å²) in [5.74, 6) is 0.675. The zero-order valence-electron chi connectivity index (χ0n) is 10.5. The Morgan fingerprint density at radius 1 is 1.38 bits per heavy atom. The van der Waals surface area contributed by atoms with Crippen molar-refractivity contribution in [2.75, 3.05) is 19.6 Å². The molecule has 0 aliphatic carbocycles. The van der Waals surface area contributed by atoms with Gasteiger partial charge >= 0.3 is 6.09 Å². The number of hydrogen-bond acceptors (Lipinski definition) is 3. The standard InChI is InChI=1S/C12H22N2O2/c1-12(2,3)16-11(15)14-7-5-9-4-6-13-8-10(9)14/h9-10,13H,4-8H2,1-3H3/t9-,10+/m0/s1. The molecule has 0 radical (unpaired) electrons. The number of hydrogen-bond donors (Lipinski definition) is 1. The number of ether oxygens (including phenoxy) is 1. The Balaban J connectivity index is 1.97. The Morgan fingerprint density at radius 2 is 2.12 bits per heavy atom. The van der Waals surface area contributed by atoms with Gasteiger partial charge in [-0.2, -0.15) is 0 Å². The summed E-state index contributed by atoms with van der Waals surface area (Å²) < 4.78 is 5.43. The number of carbonyl (C=O) groups is 1. The first-order chi connectivity index (χ1) is 7.47. The summed E-state index contributed by atoms with van der Waals surface area (Å²) in [6, 6.07) is 0.351. The Kier molecular flexibility index (Phi) is 3.10. The van der Waals surface area contributed by atoms with E-state index in [-0.39, 0.29) is 6.09 Å². The van der Waals surface area contributed by atoms with Gasteiger partial charge in [0.15, 0.2) is 0 Å². The summed E-state index contributed by atoms with van der Waals surface area (Å²) in [7, 11) is 0. The van der Waals surface area contributed by atoms with Crippen LogP contribution in [0.25, 0.3) is 0 Å². The molecule has 0 aromatic carbocycles. The van der Waals surface area contributed by atoms with Crippen LogP contribution >= 0.6 is 0 Å². The van der Waals surface area contributed by atoms with E-state index in [1.807, 2.05) is 25.7 Å². The van der Waals surface area contributed by atoms with Crippen molar-refractivity contribution < 1.29 is 9.53 Å². The average molecular weight is 226 g/mol. The van der Waals surface area contributed by atoms with Crippen molar-refractivity contribution in [2.24, 2.45) is 5.92 Å². The molecule has 92 valence electrons. The summed E-state index contributed by atoms with van der Waals surface area (Å²) in [5, 5.41) is 3.35. The van der Waals surface area contributed by atoms with Crippen LogP contribution in [0.15, 0.2) is 0 Å². The first-order valence-electron chi connectivity index (χ1n) is 6.18. The monoisotopic (exact) mass is 226 g/mol. The zero-order chi connectivity index (χ0) is 11.8. The van der Waals surface area contributed by atoms with Gasteiger partial charge in [-0.15, -0.1) is 0 Å². The van der Waals surface area contributed by atoms with Gasteiger partial charge in [0.25, 0.3) is 0 Å². The second kappa shape index (κ2) is 4.24. The first-order valence-corrected chi connectivity index (χ1v) is 6.18. The molecule has 0 aromatic rings. The Morgan fingerprint density at radius 3 is 2.81 bits per heavy atom. The van der Waals surface area contributed by atoms with Crippen LogP contribution < -0.4 is 5.32 Å². The normalized spacial score (nSPS) is 30.1. The van der Waals surface area contributed by atoms with E-state index in [2.05, 4.69) is 5.32 Å². The zero-order valence-corrected chi connectivity index (χ0v) is 10.5. The maximum atomic E-state index is 12.0. The third-order valence-corrected chi connectivity index (χ3v) is 3.36. The van der Waals surface area contributed by atoms with Gasteiger partial charge in [0, 0.05) is 13.1 Å². The summed E-state index contributed by atoms with van der Waals surface area (Å²) in [6.45, 7) is 8.60. The van der Waals surface area contributed by atoms with Gasteiger partial charge in [0.05, 0.1) is 6.04 Å². The molecule has 2 aliphatic rings. The SMILES string of the molecule is CC(C)(C)OC(=O)N1CC[C@@H]2CCNC[C@H]21. The molecule has 2 aliphatic heterocycles. The molecule has 4 heteroatoms. The van der Waals surface area contributed by atoms with Crippen molar-refractivity contribution >= 4 is 6.09 Å². The fourth-order valence-electron chi connectivity index (χ4n) is 2.62. The second-order valence-corrected chi connectivity index (χ2v) is 5.78. The molecule has 2 fully saturated rings. The molecule has 2 rings (SSSR count). The molecule has 1 N–H and O–H groups in total. The number of nitrogens with zero attached hydrogens (tertiary/aromatic N) is 1. The van der Waals surface area contributed by atoms with Gasteiger partial charge in [0.2, 0.25) is 0 Å². The van der Waals surface area contributed by atoms with E-state index >= 15 is 0 Å². The first kappa shape index (κ1) is 11.7. The number of amides is 1. The van der Waals surface area contributed by atoms with Crippen LogP contribution in [0.3, 0.4) is 0 Å². The van der Waals surface area contributed by atoms with Gasteiger partial charge in [-0.1, -0.05) is 0 Å². The van der Waals surface area contributed by atoms with Crippen LogP contribution in [-0.2, 0) is 4.74 Å². The molecule has 0 bridgehead atoms. The lowest BCUT2D eigenvalue weighted by Crippen LogP contribution is -2.49. The van der Waals surface area contributed by atoms with E-state index in [4.69, 9.17) is 4.74 Å². The summed E-state index contributed by atoms with van der Waals surface area (Å²) in [5.41, 5.74) is -0.392. The van der Waals surface area contributed by atoms with E-state index < -0.39 is 5.60 Å². The third kappa shape index (κ3) is 2.48. The van der Waals surface area contributed by atoms with Crippen molar-refractivity contribution in [2.45, 2.75) is 45.3 Å². The molecule has 2 saturated heterocycles. The highest BCUT2D eigenvalue weighted by Crippen LogP contribution is 2.29. The van der Waals surface area contributed by atoms with Crippen molar-refractivity contribution in [3.8, 4) is 0 Å². The maximum Gasteiger partial charge on any atom is 0.410 e. The lowest BCUT2D eigenvalue weighted by molar-refractivity contribution is 0.0195. The highest BCUT2D eigenvalue weighted by molar-refractivity contribution is 5.69. The van der Waals surface area contributed by atoms with Crippen LogP contribution in [0.5, 0.6) is 0 Å². The number of fused-ring (bicyclic) bond motifs is 1. The van der Waals surface area contributed by atoms with Crippen LogP contribution in [0.4, 0.5) is 4.79 Å². The van der Waals surface area contributed by atoms with Gasteiger partial charge in [-0.3, -0.25) is 0 Å². The fraction of sp³-hybridized carbons (Fsp3) is 0.917. The fourth-order valence-corrected chi connectivity index (χ4v) is 2.62. The number of carbonyl (C=O) groups excluding carboxylic acids is 1. The third-order valence-electron chi connectivity index (χ3n) is 3.36.